The number of aromatic nitrogens is 1. The van der Waals surface area contributed by atoms with Gasteiger partial charge in [0.15, 0.2) is 5.82 Å². The largest absolute Gasteiger partial charge is 0.363 e. The zero-order valence-corrected chi connectivity index (χ0v) is 12.8. The Labute approximate surface area is 128 Å². The molecular weight excluding hydrogens is 282 g/mol. The second-order valence-electron chi connectivity index (χ2n) is 5.62. The highest BCUT2D eigenvalue weighted by Gasteiger charge is 2.30. The fourth-order valence-corrected chi connectivity index (χ4v) is 2.01. The Bertz CT molecular complexity index is 636. The minimum absolute atomic E-state index is 0.204. The average molecular weight is 301 g/mol. The van der Waals surface area contributed by atoms with E-state index >= 15 is 0 Å². The molecule has 2 rings (SSSR count). The van der Waals surface area contributed by atoms with E-state index in [1.54, 1.807) is 0 Å². The summed E-state index contributed by atoms with van der Waals surface area (Å²) >= 11 is 0. The fourth-order valence-electron chi connectivity index (χ4n) is 2.01. The van der Waals surface area contributed by atoms with E-state index in [1.807, 2.05) is 51.1 Å². The maximum Gasteiger partial charge on any atom is 0.314 e. The number of nitrogens with zero attached hydrogens (tertiary/aromatic N) is 1. The van der Waals surface area contributed by atoms with Crippen molar-refractivity contribution in [1.82, 2.24) is 10.5 Å². The summed E-state index contributed by atoms with van der Waals surface area (Å²) in [7, 11) is 0. The summed E-state index contributed by atoms with van der Waals surface area (Å²) in [5.74, 6) is -1.28. The van der Waals surface area contributed by atoms with Crippen molar-refractivity contribution >= 4 is 17.6 Å². The molecule has 0 fully saturated rings. The lowest BCUT2D eigenvalue weighted by Gasteiger charge is -2.32. The molecule has 0 bridgehead atoms. The molecule has 1 aromatic carbocycles. The summed E-state index contributed by atoms with van der Waals surface area (Å²) < 4.78 is 4.59. The van der Waals surface area contributed by atoms with Crippen molar-refractivity contribution in [3.63, 3.8) is 0 Å². The van der Waals surface area contributed by atoms with E-state index in [0.717, 1.165) is 5.56 Å². The molecule has 0 saturated carbocycles. The quantitative estimate of drug-likeness (QED) is 0.847. The highest BCUT2D eigenvalue weighted by molar-refractivity contribution is 6.39. The second-order valence-corrected chi connectivity index (χ2v) is 5.62. The molecule has 1 atom stereocenters. The van der Waals surface area contributed by atoms with E-state index in [1.165, 1.54) is 12.3 Å². The maximum atomic E-state index is 12.0. The molecule has 1 heterocycles. The van der Waals surface area contributed by atoms with Crippen molar-refractivity contribution in [3.05, 3.63) is 48.2 Å². The van der Waals surface area contributed by atoms with Gasteiger partial charge in [-0.25, -0.2) is 0 Å². The van der Waals surface area contributed by atoms with Gasteiger partial charge in [0, 0.05) is 17.5 Å². The summed E-state index contributed by atoms with van der Waals surface area (Å²) in [6, 6.07) is 11.1. The Morgan fingerprint density at radius 1 is 1.14 bits per heavy atom. The number of benzene rings is 1. The van der Waals surface area contributed by atoms with Gasteiger partial charge in [-0.05, 0) is 12.5 Å². The van der Waals surface area contributed by atoms with Crippen LogP contribution in [0.2, 0.25) is 0 Å². The smallest absolute Gasteiger partial charge is 0.314 e. The van der Waals surface area contributed by atoms with Crippen molar-refractivity contribution in [3.8, 4) is 0 Å². The predicted molar refractivity (Wildman–Crippen MR) is 82.2 cm³/mol. The van der Waals surface area contributed by atoms with E-state index in [0.29, 0.717) is 0 Å². The van der Waals surface area contributed by atoms with E-state index in [-0.39, 0.29) is 17.3 Å². The average Bonchev–Trinajstić information content (AvgIpc) is 3.00. The molecule has 0 aliphatic rings. The van der Waals surface area contributed by atoms with Crippen molar-refractivity contribution in [2.24, 2.45) is 0 Å². The summed E-state index contributed by atoms with van der Waals surface area (Å²) in [5.41, 5.74) is 0.769. The fraction of sp³-hybridized carbons (Fsp3) is 0.312. The van der Waals surface area contributed by atoms with Crippen molar-refractivity contribution in [2.75, 3.05) is 5.32 Å². The predicted octanol–water partition coefficient (Wildman–Crippen LogP) is 2.10. The van der Waals surface area contributed by atoms with Crippen molar-refractivity contribution in [1.29, 1.82) is 0 Å². The van der Waals surface area contributed by atoms with E-state index in [9.17, 15) is 9.59 Å². The van der Waals surface area contributed by atoms with Crippen LogP contribution in [0.1, 0.15) is 26.3 Å². The number of nitrogens with one attached hydrogen (secondary N) is 2. The number of hydrogen-bond acceptors (Lipinski definition) is 4. The number of anilines is 1. The molecule has 116 valence electrons. The summed E-state index contributed by atoms with van der Waals surface area (Å²) in [6.07, 6.45) is 1.31. The molecule has 0 radical (unpaired) electrons. The second kappa shape index (κ2) is 6.43. The SMILES string of the molecule is C[C@@H](NC(=O)C(=O)Nc1ccon1)C(C)(C)c1ccccc1. The molecule has 0 aliphatic carbocycles. The summed E-state index contributed by atoms with van der Waals surface area (Å²) in [5, 5.41) is 8.61. The molecule has 0 saturated heterocycles. The van der Waals surface area contributed by atoms with Crippen LogP contribution in [0.15, 0.2) is 47.2 Å². The van der Waals surface area contributed by atoms with Gasteiger partial charge in [0.05, 0.1) is 0 Å². The standard InChI is InChI=1S/C16H19N3O3/c1-11(16(2,3)12-7-5-4-6-8-12)17-14(20)15(21)18-13-9-10-22-19-13/h4-11H,1-3H3,(H,17,20)(H,18,19,21)/t11-/m1/s1. The summed E-state index contributed by atoms with van der Waals surface area (Å²) in [4.78, 5) is 23.8. The Hall–Kier alpha value is -2.63. The van der Waals surface area contributed by atoms with Crippen LogP contribution in [0.25, 0.3) is 0 Å². The lowest BCUT2D eigenvalue weighted by molar-refractivity contribution is -0.136. The zero-order chi connectivity index (χ0) is 16.2. The van der Waals surface area contributed by atoms with Gasteiger partial charge in [0.1, 0.15) is 6.26 Å². The first-order valence-electron chi connectivity index (χ1n) is 6.99. The third-order valence-corrected chi connectivity index (χ3v) is 3.83. The minimum atomic E-state index is -0.774. The van der Waals surface area contributed by atoms with Gasteiger partial charge in [-0.15, -0.1) is 0 Å². The van der Waals surface area contributed by atoms with Crippen LogP contribution in [0.3, 0.4) is 0 Å². The first-order valence-corrected chi connectivity index (χ1v) is 6.99. The molecule has 2 amide bonds. The van der Waals surface area contributed by atoms with Gasteiger partial charge in [0.25, 0.3) is 0 Å². The van der Waals surface area contributed by atoms with Gasteiger partial charge in [-0.1, -0.05) is 49.3 Å². The van der Waals surface area contributed by atoms with Crippen LogP contribution < -0.4 is 10.6 Å². The van der Waals surface area contributed by atoms with Crippen LogP contribution in [0.5, 0.6) is 0 Å². The number of rotatable bonds is 4. The molecular formula is C16H19N3O3. The highest BCUT2D eigenvalue weighted by atomic mass is 16.5. The van der Waals surface area contributed by atoms with Crippen molar-refractivity contribution in [2.45, 2.75) is 32.2 Å². The van der Waals surface area contributed by atoms with Gasteiger partial charge >= 0.3 is 11.8 Å². The Kier molecular flexibility index (Phi) is 4.60. The topological polar surface area (TPSA) is 84.2 Å². The molecule has 0 aliphatic heterocycles. The Morgan fingerprint density at radius 2 is 1.82 bits per heavy atom. The van der Waals surface area contributed by atoms with Gasteiger partial charge in [0.2, 0.25) is 0 Å². The molecule has 6 nitrogen and oxygen atoms in total. The molecule has 0 spiro atoms. The number of carbonyl (C=O) groups excluding carboxylic acids is 2. The lowest BCUT2D eigenvalue weighted by Crippen LogP contribution is -2.48. The Morgan fingerprint density at radius 3 is 2.41 bits per heavy atom. The molecule has 6 heteroatoms. The molecule has 0 unspecified atom stereocenters. The summed E-state index contributed by atoms with van der Waals surface area (Å²) in [6.45, 7) is 5.90. The molecule has 22 heavy (non-hydrogen) atoms. The van der Waals surface area contributed by atoms with Crippen LogP contribution in [0, 0.1) is 0 Å². The van der Waals surface area contributed by atoms with Gasteiger partial charge in [-0.2, -0.15) is 0 Å². The van der Waals surface area contributed by atoms with Crippen LogP contribution in [-0.4, -0.2) is 23.0 Å². The van der Waals surface area contributed by atoms with Gasteiger partial charge in [-0.3, -0.25) is 14.9 Å². The van der Waals surface area contributed by atoms with Gasteiger partial charge < -0.3 is 9.84 Å². The first-order chi connectivity index (χ1) is 10.4. The molecule has 2 N–H and O–H groups in total. The third kappa shape index (κ3) is 3.52. The van der Waals surface area contributed by atoms with Crippen LogP contribution in [0.4, 0.5) is 5.82 Å². The van der Waals surface area contributed by atoms with Crippen LogP contribution in [-0.2, 0) is 15.0 Å². The third-order valence-electron chi connectivity index (χ3n) is 3.83. The monoisotopic (exact) mass is 301 g/mol. The maximum absolute atomic E-state index is 12.0. The number of hydrogen-bond donors (Lipinski definition) is 2. The highest BCUT2D eigenvalue weighted by Crippen LogP contribution is 2.26. The zero-order valence-electron chi connectivity index (χ0n) is 12.8. The van der Waals surface area contributed by atoms with E-state index < -0.39 is 11.8 Å². The van der Waals surface area contributed by atoms with E-state index in [2.05, 4.69) is 20.3 Å². The van der Waals surface area contributed by atoms with Crippen LogP contribution >= 0.6 is 0 Å². The normalized spacial score (nSPS) is 12.5. The van der Waals surface area contributed by atoms with E-state index in [4.69, 9.17) is 0 Å². The Balaban J connectivity index is 2.00. The number of amides is 2. The molecule has 1 aromatic heterocycles. The minimum Gasteiger partial charge on any atom is -0.363 e. The first kappa shape index (κ1) is 15.8. The van der Waals surface area contributed by atoms with Crippen molar-refractivity contribution < 1.29 is 14.1 Å². The number of carbonyl (C=O) groups is 2. The lowest BCUT2D eigenvalue weighted by atomic mass is 9.78. The molecule has 2 aromatic rings.